The van der Waals surface area contributed by atoms with Crippen molar-refractivity contribution >= 4 is 0 Å². The molecular weight excluding hydrogens is 128 g/mol. The molecule has 0 bridgehead atoms. The lowest BCUT2D eigenvalue weighted by atomic mass is 10.2. The maximum Gasteiger partial charge on any atom is 0.151 e. The van der Waals surface area contributed by atoms with Crippen LogP contribution in [-0.4, -0.2) is 0 Å². The van der Waals surface area contributed by atoms with Gasteiger partial charge in [0.1, 0.15) is 0 Å². The zero-order chi connectivity index (χ0) is 7.40. The first kappa shape index (κ1) is 7.05. The van der Waals surface area contributed by atoms with E-state index in [0.717, 1.165) is 11.3 Å². The van der Waals surface area contributed by atoms with Crippen molar-refractivity contribution in [2.45, 2.75) is 6.92 Å². The summed E-state index contributed by atoms with van der Waals surface area (Å²) in [5, 5.41) is 0. The number of nitrogens with two attached hydrogens (primary N) is 1. The Bertz CT molecular complexity index is 213. The molecule has 0 aliphatic carbocycles. The molecule has 0 atom stereocenters. The van der Waals surface area contributed by atoms with Gasteiger partial charge in [0.2, 0.25) is 0 Å². The number of hydrogen-bond acceptors (Lipinski definition) is 3. The van der Waals surface area contributed by atoms with Gasteiger partial charge in [0.25, 0.3) is 0 Å². The quantitative estimate of drug-likeness (QED) is 0.468. The van der Waals surface area contributed by atoms with Crippen molar-refractivity contribution in [3.8, 4) is 5.75 Å². The minimum absolute atomic E-state index is 0.755. The normalized spacial score (nSPS) is 9.40. The fraction of sp³-hybridized carbons (Fsp3) is 0.143. The molecule has 1 aromatic rings. The average molecular weight is 138 g/mol. The summed E-state index contributed by atoms with van der Waals surface area (Å²) in [5.74, 6) is 5.71. The molecule has 3 N–H and O–H groups in total. The number of hydrazine groups is 1. The Labute approximate surface area is 59.7 Å². The largest absolute Gasteiger partial charge is 0.394 e. The second kappa shape index (κ2) is 3.20. The minimum Gasteiger partial charge on any atom is -0.394 e. The van der Waals surface area contributed by atoms with E-state index in [9.17, 15) is 0 Å². The molecule has 0 heterocycles. The predicted molar refractivity (Wildman–Crippen MR) is 39.1 cm³/mol. The highest BCUT2D eigenvalue weighted by Crippen LogP contribution is 2.14. The van der Waals surface area contributed by atoms with Gasteiger partial charge in [-0.15, -0.1) is 0 Å². The smallest absolute Gasteiger partial charge is 0.151 e. The van der Waals surface area contributed by atoms with E-state index < -0.39 is 0 Å². The van der Waals surface area contributed by atoms with Gasteiger partial charge in [-0.3, -0.25) is 0 Å². The summed E-state index contributed by atoms with van der Waals surface area (Å²) < 4.78 is 0. The minimum atomic E-state index is 0.755. The second-order valence-corrected chi connectivity index (χ2v) is 1.99. The molecule has 0 aliphatic heterocycles. The topological polar surface area (TPSA) is 47.3 Å². The molecule has 3 heteroatoms. The van der Waals surface area contributed by atoms with Crippen molar-refractivity contribution < 1.29 is 4.84 Å². The van der Waals surface area contributed by atoms with Gasteiger partial charge in [-0.2, -0.15) is 0 Å². The van der Waals surface area contributed by atoms with Crippen LogP contribution in [0.15, 0.2) is 24.3 Å². The van der Waals surface area contributed by atoms with E-state index >= 15 is 0 Å². The molecule has 0 aromatic heterocycles. The molecule has 1 aromatic carbocycles. The van der Waals surface area contributed by atoms with Crippen molar-refractivity contribution in [2.24, 2.45) is 5.84 Å². The van der Waals surface area contributed by atoms with E-state index in [1.807, 2.05) is 31.2 Å². The maximum atomic E-state index is 4.96. The molecule has 0 saturated heterocycles. The number of benzene rings is 1. The summed E-state index contributed by atoms with van der Waals surface area (Å²) in [7, 11) is 0. The zero-order valence-corrected chi connectivity index (χ0v) is 5.79. The van der Waals surface area contributed by atoms with Crippen LogP contribution in [0.4, 0.5) is 0 Å². The van der Waals surface area contributed by atoms with Gasteiger partial charge in [-0.25, -0.2) is 5.84 Å². The molecule has 0 radical (unpaired) electrons. The fourth-order valence-electron chi connectivity index (χ4n) is 0.734. The monoisotopic (exact) mass is 138 g/mol. The number of para-hydroxylation sites is 1. The molecular formula is C7H10N2O. The van der Waals surface area contributed by atoms with Crippen molar-refractivity contribution in [1.29, 1.82) is 0 Å². The van der Waals surface area contributed by atoms with Crippen LogP contribution in [0.2, 0.25) is 0 Å². The highest BCUT2D eigenvalue weighted by molar-refractivity contribution is 5.31. The molecule has 1 rings (SSSR count). The van der Waals surface area contributed by atoms with Crippen LogP contribution >= 0.6 is 0 Å². The van der Waals surface area contributed by atoms with E-state index in [4.69, 9.17) is 10.7 Å². The Morgan fingerprint density at radius 3 is 2.70 bits per heavy atom. The standard InChI is InChI=1S/C7H10N2O/c1-6-4-2-3-5-7(6)10-9-8/h2-5,9H,8H2,1H3. The first-order chi connectivity index (χ1) is 4.84. The SMILES string of the molecule is Cc1ccccc1ONN. The van der Waals surface area contributed by atoms with Gasteiger partial charge in [-0.05, 0) is 18.6 Å². The first-order valence-electron chi connectivity index (χ1n) is 3.02. The zero-order valence-electron chi connectivity index (χ0n) is 5.79. The van der Waals surface area contributed by atoms with Crippen LogP contribution in [0.25, 0.3) is 0 Å². The van der Waals surface area contributed by atoms with Crippen LogP contribution in [0.3, 0.4) is 0 Å². The average Bonchev–Trinajstić information content (AvgIpc) is 1.94. The molecule has 0 spiro atoms. The van der Waals surface area contributed by atoms with Crippen LogP contribution in [-0.2, 0) is 0 Å². The van der Waals surface area contributed by atoms with E-state index in [2.05, 4.69) is 5.59 Å². The van der Waals surface area contributed by atoms with Crippen molar-refractivity contribution in [2.75, 3.05) is 0 Å². The summed E-state index contributed by atoms with van der Waals surface area (Å²) in [4.78, 5) is 4.86. The van der Waals surface area contributed by atoms with Gasteiger partial charge in [-0.1, -0.05) is 23.8 Å². The van der Waals surface area contributed by atoms with Gasteiger partial charge in [0.05, 0.1) is 0 Å². The van der Waals surface area contributed by atoms with Gasteiger partial charge >= 0.3 is 0 Å². The molecule has 0 amide bonds. The van der Waals surface area contributed by atoms with E-state index in [1.165, 1.54) is 0 Å². The lowest BCUT2D eigenvalue weighted by molar-refractivity contribution is 0.197. The molecule has 10 heavy (non-hydrogen) atoms. The predicted octanol–water partition coefficient (Wildman–Crippen LogP) is 0.752. The third-order valence-corrected chi connectivity index (χ3v) is 1.26. The summed E-state index contributed by atoms with van der Waals surface area (Å²) in [6.07, 6.45) is 0. The third-order valence-electron chi connectivity index (χ3n) is 1.26. The van der Waals surface area contributed by atoms with E-state index in [-0.39, 0.29) is 0 Å². The first-order valence-corrected chi connectivity index (χ1v) is 3.02. The molecule has 0 saturated carbocycles. The van der Waals surface area contributed by atoms with Crippen molar-refractivity contribution in [3.05, 3.63) is 29.8 Å². The third kappa shape index (κ3) is 1.46. The molecule has 0 fully saturated rings. The Morgan fingerprint density at radius 1 is 1.40 bits per heavy atom. The van der Waals surface area contributed by atoms with Gasteiger partial charge in [0.15, 0.2) is 5.75 Å². The second-order valence-electron chi connectivity index (χ2n) is 1.99. The highest BCUT2D eigenvalue weighted by Gasteiger charge is 1.93. The fourth-order valence-corrected chi connectivity index (χ4v) is 0.734. The maximum absolute atomic E-state index is 4.96. The van der Waals surface area contributed by atoms with Crippen LogP contribution in [0.1, 0.15) is 5.56 Å². The number of rotatable bonds is 2. The molecule has 0 unspecified atom stereocenters. The van der Waals surface area contributed by atoms with Gasteiger partial charge < -0.3 is 4.84 Å². The number of aryl methyl sites for hydroxylation is 1. The summed E-state index contributed by atoms with van der Waals surface area (Å²) in [6, 6.07) is 7.63. The van der Waals surface area contributed by atoms with Gasteiger partial charge in [0, 0.05) is 0 Å². The Morgan fingerprint density at radius 2 is 2.10 bits per heavy atom. The van der Waals surface area contributed by atoms with Crippen LogP contribution in [0, 0.1) is 6.92 Å². The van der Waals surface area contributed by atoms with Crippen molar-refractivity contribution in [3.63, 3.8) is 0 Å². The van der Waals surface area contributed by atoms with Crippen LogP contribution < -0.4 is 16.3 Å². The van der Waals surface area contributed by atoms with E-state index in [1.54, 1.807) is 0 Å². The Hall–Kier alpha value is -1.06. The lowest BCUT2D eigenvalue weighted by Crippen LogP contribution is -2.26. The molecule has 3 nitrogen and oxygen atoms in total. The van der Waals surface area contributed by atoms with Crippen LogP contribution in [0.5, 0.6) is 5.75 Å². The summed E-state index contributed by atoms with van der Waals surface area (Å²) in [6.45, 7) is 1.95. The molecule has 0 aliphatic rings. The Balaban J connectivity index is 2.81. The van der Waals surface area contributed by atoms with E-state index in [0.29, 0.717) is 0 Å². The number of nitrogens with one attached hydrogen (secondary N) is 1. The Kier molecular flexibility index (Phi) is 2.25. The highest BCUT2D eigenvalue weighted by atomic mass is 16.7. The lowest BCUT2D eigenvalue weighted by Gasteiger charge is -2.03. The molecule has 54 valence electrons. The summed E-state index contributed by atoms with van der Waals surface area (Å²) >= 11 is 0. The van der Waals surface area contributed by atoms with Crippen molar-refractivity contribution in [1.82, 2.24) is 5.59 Å². The number of hydrogen-bond donors (Lipinski definition) is 2. The summed E-state index contributed by atoms with van der Waals surface area (Å²) in [5.41, 5.74) is 3.18.